The lowest BCUT2D eigenvalue weighted by Gasteiger charge is -2.08. The van der Waals surface area contributed by atoms with Crippen LogP contribution in [0.25, 0.3) is 0 Å². The molecule has 3 aromatic rings. The first-order valence-electron chi connectivity index (χ1n) is 8.66. The van der Waals surface area contributed by atoms with Crippen LogP contribution in [0.3, 0.4) is 0 Å². The van der Waals surface area contributed by atoms with Crippen molar-refractivity contribution < 1.29 is 18.9 Å². The molecule has 1 aromatic carbocycles. The van der Waals surface area contributed by atoms with Gasteiger partial charge in [0.2, 0.25) is 0 Å². The third-order valence-corrected chi connectivity index (χ3v) is 4.06. The van der Waals surface area contributed by atoms with E-state index in [-0.39, 0.29) is 30.5 Å². The van der Waals surface area contributed by atoms with Gasteiger partial charge in [-0.1, -0.05) is 12.1 Å². The smallest absolute Gasteiger partial charge is 0.306 e. The molecule has 1 N–H and O–H groups in total. The van der Waals surface area contributed by atoms with E-state index in [4.69, 9.17) is 9.15 Å². The first-order chi connectivity index (χ1) is 13.4. The molecular formula is C19H20N4O5. The van der Waals surface area contributed by atoms with Gasteiger partial charge < -0.3 is 14.5 Å². The molecule has 0 atom stereocenters. The van der Waals surface area contributed by atoms with Crippen LogP contribution in [-0.4, -0.2) is 27.2 Å². The van der Waals surface area contributed by atoms with E-state index >= 15 is 0 Å². The molecule has 2 heterocycles. The lowest BCUT2D eigenvalue weighted by Crippen LogP contribution is -2.27. The maximum absolute atomic E-state index is 12.2. The van der Waals surface area contributed by atoms with E-state index in [0.29, 0.717) is 12.3 Å². The second kappa shape index (κ2) is 8.38. The van der Waals surface area contributed by atoms with E-state index in [2.05, 4.69) is 10.4 Å². The molecule has 0 saturated carbocycles. The highest BCUT2D eigenvalue weighted by Crippen LogP contribution is 2.21. The van der Waals surface area contributed by atoms with Crippen molar-refractivity contribution in [3.63, 3.8) is 0 Å². The van der Waals surface area contributed by atoms with E-state index in [1.165, 1.54) is 10.9 Å². The highest BCUT2D eigenvalue weighted by atomic mass is 16.6. The van der Waals surface area contributed by atoms with E-state index in [1.807, 2.05) is 32.0 Å². The Hall–Kier alpha value is -3.62. The summed E-state index contributed by atoms with van der Waals surface area (Å²) < 4.78 is 12.7. The summed E-state index contributed by atoms with van der Waals surface area (Å²) in [6.45, 7) is 4.73. The molecule has 0 aliphatic carbocycles. The Labute approximate surface area is 161 Å². The highest BCUT2D eigenvalue weighted by molar-refractivity contribution is 5.91. The fourth-order valence-electron chi connectivity index (χ4n) is 2.53. The number of amides is 1. The molecule has 0 spiro atoms. The Morgan fingerprint density at radius 2 is 2.14 bits per heavy atom. The van der Waals surface area contributed by atoms with Crippen LogP contribution >= 0.6 is 0 Å². The van der Waals surface area contributed by atoms with E-state index < -0.39 is 4.92 Å². The minimum Gasteiger partial charge on any atom is -0.485 e. The Kier molecular flexibility index (Phi) is 5.73. The highest BCUT2D eigenvalue weighted by Gasteiger charge is 2.13. The molecule has 0 aliphatic rings. The Morgan fingerprint density at radius 1 is 1.32 bits per heavy atom. The number of hydrogen-bond acceptors (Lipinski definition) is 6. The maximum Gasteiger partial charge on any atom is 0.306 e. The van der Waals surface area contributed by atoms with Gasteiger partial charge in [0.15, 0.2) is 5.76 Å². The number of benzene rings is 1. The third kappa shape index (κ3) is 4.76. The number of ether oxygens (including phenoxy) is 1. The largest absolute Gasteiger partial charge is 0.485 e. The normalized spacial score (nSPS) is 10.6. The number of nitrogens with zero attached hydrogens (tertiary/aromatic N) is 3. The number of nitrogens with one attached hydrogen (secondary N) is 1. The van der Waals surface area contributed by atoms with Crippen LogP contribution in [0.2, 0.25) is 0 Å². The van der Waals surface area contributed by atoms with Gasteiger partial charge in [-0.25, -0.2) is 0 Å². The number of carbonyl (C=O) groups is 1. The minimum atomic E-state index is -0.521. The molecule has 9 nitrogen and oxygen atoms in total. The van der Waals surface area contributed by atoms with Crippen LogP contribution in [-0.2, 0) is 13.2 Å². The second-order valence-electron chi connectivity index (χ2n) is 6.30. The molecule has 146 valence electrons. The number of furan rings is 1. The minimum absolute atomic E-state index is 0.0918. The molecule has 0 saturated heterocycles. The van der Waals surface area contributed by atoms with E-state index in [1.54, 1.807) is 12.1 Å². The Balaban J connectivity index is 1.49. The van der Waals surface area contributed by atoms with Gasteiger partial charge in [-0.05, 0) is 43.2 Å². The average Bonchev–Trinajstić information content (AvgIpc) is 3.32. The van der Waals surface area contributed by atoms with Crippen molar-refractivity contribution in [1.29, 1.82) is 0 Å². The summed E-state index contributed by atoms with van der Waals surface area (Å²) in [6.07, 6.45) is 2.47. The van der Waals surface area contributed by atoms with Gasteiger partial charge in [0.25, 0.3) is 5.91 Å². The van der Waals surface area contributed by atoms with Gasteiger partial charge in [-0.3, -0.25) is 19.6 Å². The summed E-state index contributed by atoms with van der Waals surface area (Å²) in [5.41, 5.74) is 2.03. The first kappa shape index (κ1) is 19.2. The second-order valence-corrected chi connectivity index (χ2v) is 6.30. The molecule has 9 heteroatoms. The number of aromatic nitrogens is 2. The molecule has 0 aliphatic heterocycles. The van der Waals surface area contributed by atoms with Crippen LogP contribution in [0.1, 0.15) is 27.4 Å². The lowest BCUT2D eigenvalue weighted by atomic mass is 10.1. The quantitative estimate of drug-likeness (QED) is 0.472. The summed E-state index contributed by atoms with van der Waals surface area (Å²) in [5.74, 6) is 1.11. The summed E-state index contributed by atoms with van der Waals surface area (Å²) >= 11 is 0. The molecule has 28 heavy (non-hydrogen) atoms. The zero-order valence-electron chi connectivity index (χ0n) is 15.5. The average molecular weight is 384 g/mol. The Morgan fingerprint density at radius 3 is 2.89 bits per heavy atom. The monoisotopic (exact) mass is 384 g/mol. The van der Waals surface area contributed by atoms with E-state index in [0.717, 1.165) is 23.1 Å². The van der Waals surface area contributed by atoms with Crippen molar-refractivity contribution >= 4 is 11.6 Å². The van der Waals surface area contributed by atoms with Crippen molar-refractivity contribution in [1.82, 2.24) is 15.1 Å². The van der Waals surface area contributed by atoms with Crippen LogP contribution in [0, 0.1) is 24.0 Å². The predicted octanol–water partition coefficient (Wildman–Crippen LogP) is 3.01. The first-order valence-corrected chi connectivity index (χ1v) is 8.66. The van der Waals surface area contributed by atoms with Gasteiger partial charge in [-0.2, -0.15) is 5.10 Å². The number of rotatable bonds is 8. The van der Waals surface area contributed by atoms with Gasteiger partial charge in [0.1, 0.15) is 30.5 Å². The fourth-order valence-corrected chi connectivity index (χ4v) is 2.53. The Bertz CT molecular complexity index is 992. The number of nitro groups is 1. The summed E-state index contributed by atoms with van der Waals surface area (Å²) in [4.78, 5) is 22.3. The van der Waals surface area contributed by atoms with E-state index in [9.17, 15) is 14.9 Å². The molecule has 2 aromatic heterocycles. The summed E-state index contributed by atoms with van der Waals surface area (Å²) in [5, 5.41) is 17.2. The van der Waals surface area contributed by atoms with Crippen molar-refractivity contribution in [2.24, 2.45) is 0 Å². The summed E-state index contributed by atoms with van der Waals surface area (Å²) in [7, 11) is 0. The van der Waals surface area contributed by atoms with Crippen LogP contribution < -0.4 is 10.1 Å². The summed E-state index contributed by atoms with van der Waals surface area (Å²) in [6, 6.07) is 9.22. The van der Waals surface area contributed by atoms with Crippen LogP contribution in [0.5, 0.6) is 5.75 Å². The SMILES string of the molecule is Cc1ccc(C)c(OCc2ccc(C(=O)NCCn3cc([N+](=O)[O-])cn3)o2)c1. The standard InChI is InChI=1S/C19H20N4O5/c1-13-3-4-14(2)18(9-13)27-12-16-5-6-17(28-16)19(24)20-7-8-22-11-15(10-21-22)23(25)26/h3-6,9-11H,7-8,12H2,1-2H3,(H,20,24). The topological polar surface area (TPSA) is 112 Å². The molecular weight excluding hydrogens is 364 g/mol. The molecule has 3 rings (SSSR count). The number of aryl methyl sites for hydroxylation is 2. The van der Waals surface area contributed by atoms with Gasteiger partial charge in [0, 0.05) is 6.54 Å². The van der Waals surface area contributed by atoms with Gasteiger partial charge >= 0.3 is 5.69 Å². The zero-order chi connectivity index (χ0) is 20.1. The maximum atomic E-state index is 12.2. The van der Waals surface area contributed by atoms with Crippen molar-refractivity contribution in [2.75, 3.05) is 6.54 Å². The van der Waals surface area contributed by atoms with Crippen molar-refractivity contribution in [3.8, 4) is 5.75 Å². The fraction of sp³-hybridized carbons (Fsp3) is 0.263. The number of carbonyl (C=O) groups excluding carboxylic acids is 1. The third-order valence-electron chi connectivity index (χ3n) is 4.06. The molecule has 0 radical (unpaired) electrons. The predicted molar refractivity (Wildman–Crippen MR) is 100 cm³/mol. The van der Waals surface area contributed by atoms with Crippen LogP contribution in [0.4, 0.5) is 5.69 Å². The number of hydrogen-bond donors (Lipinski definition) is 1. The molecule has 1 amide bonds. The zero-order valence-corrected chi connectivity index (χ0v) is 15.5. The van der Waals surface area contributed by atoms with Gasteiger partial charge in [-0.15, -0.1) is 0 Å². The van der Waals surface area contributed by atoms with Crippen molar-refractivity contribution in [3.05, 3.63) is 75.5 Å². The molecule has 0 fully saturated rings. The molecule has 0 bridgehead atoms. The lowest BCUT2D eigenvalue weighted by molar-refractivity contribution is -0.385. The van der Waals surface area contributed by atoms with Gasteiger partial charge in [0.05, 0.1) is 11.5 Å². The van der Waals surface area contributed by atoms with Crippen molar-refractivity contribution in [2.45, 2.75) is 27.0 Å². The van der Waals surface area contributed by atoms with Crippen LogP contribution in [0.15, 0.2) is 47.1 Å². The molecule has 0 unspecified atom stereocenters.